The van der Waals surface area contributed by atoms with E-state index < -0.39 is 6.43 Å². The molecule has 0 radical (unpaired) electrons. The molecule has 1 aliphatic rings. The zero-order chi connectivity index (χ0) is 18.7. The molecule has 2 heterocycles. The molecule has 26 heavy (non-hydrogen) atoms. The number of anilines is 1. The van der Waals surface area contributed by atoms with Gasteiger partial charge >= 0.3 is 6.09 Å². The van der Waals surface area contributed by atoms with Gasteiger partial charge in [-0.05, 0) is 30.2 Å². The lowest BCUT2D eigenvalue weighted by Crippen LogP contribution is -2.49. The molecule has 0 atom stereocenters. The number of carbonyl (C=O) groups excluding carboxylic acids is 1. The van der Waals surface area contributed by atoms with Crippen LogP contribution in [-0.4, -0.2) is 48.8 Å². The summed E-state index contributed by atoms with van der Waals surface area (Å²) in [6, 6.07) is 8.59. The summed E-state index contributed by atoms with van der Waals surface area (Å²) in [6.07, 6.45) is -2.86. The van der Waals surface area contributed by atoms with Gasteiger partial charge in [0.15, 0.2) is 0 Å². The zero-order valence-corrected chi connectivity index (χ0v) is 15.0. The normalized spacial score (nSPS) is 15.2. The third kappa shape index (κ3) is 4.03. The number of pyridine rings is 1. The fraction of sp³-hybridized carbons (Fsp3) is 0.474. The van der Waals surface area contributed by atoms with Gasteiger partial charge in [0.2, 0.25) is 0 Å². The van der Waals surface area contributed by atoms with E-state index in [1.165, 1.54) is 6.07 Å². The van der Waals surface area contributed by atoms with E-state index in [-0.39, 0.29) is 11.8 Å². The summed E-state index contributed by atoms with van der Waals surface area (Å²) in [7, 11) is 0. The van der Waals surface area contributed by atoms with Crippen LogP contribution >= 0.6 is 0 Å². The Kier molecular flexibility index (Phi) is 5.54. The highest BCUT2D eigenvalue weighted by Gasteiger charge is 2.23. The molecule has 7 heteroatoms. The molecule has 0 aliphatic carbocycles. The second-order valence-corrected chi connectivity index (χ2v) is 6.83. The first kappa shape index (κ1) is 18.4. The van der Waals surface area contributed by atoms with Gasteiger partial charge in [-0.1, -0.05) is 19.9 Å². The van der Waals surface area contributed by atoms with Crippen LogP contribution in [-0.2, 0) is 4.74 Å². The summed E-state index contributed by atoms with van der Waals surface area (Å²) >= 11 is 0. The summed E-state index contributed by atoms with van der Waals surface area (Å²) in [6.45, 7) is 6.86. The standard InChI is InChI=1S/C19H23F2N3O2/c1-13(2)12-26-19(25)24-10-8-23(9-11-24)17-5-3-4-15-14(17)6-7-16(22-15)18(20)21/h3-7,13,18H,8-12H2,1-2H3. The molecule has 1 aromatic carbocycles. The second kappa shape index (κ2) is 7.85. The lowest BCUT2D eigenvalue weighted by Gasteiger charge is -2.36. The van der Waals surface area contributed by atoms with Crippen LogP contribution in [0.3, 0.4) is 0 Å². The molecule has 0 saturated carbocycles. The Morgan fingerprint density at radius 3 is 2.54 bits per heavy atom. The van der Waals surface area contributed by atoms with Gasteiger partial charge in [-0.3, -0.25) is 0 Å². The molecule has 0 spiro atoms. The van der Waals surface area contributed by atoms with Crippen LogP contribution in [0.1, 0.15) is 26.0 Å². The van der Waals surface area contributed by atoms with Crippen molar-refractivity contribution in [2.45, 2.75) is 20.3 Å². The van der Waals surface area contributed by atoms with E-state index in [1.54, 1.807) is 17.0 Å². The van der Waals surface area contributed by atoms with Crippen molar-refractivity contribution in [2.24, 2.45) is 5.92 Å². The molecule has 0 bridgehead atoms. The number of rotatable bonds is 4. The van der Waals surface area contributed by atoms with Gasteiger partial charge in [-0.2, -0.15) is 0 Å². The predicted octanol–water partition coefficient (Wildman–Crippen LogP) is 4.09. The number of benzene rings is 1. The summed E-state index contributed by atoms with van der Waals surface area (Å²) in [4.78, 5) is 20.0. The highest BCUT2D eigenvalue weighted by atomic mass is 19.3. The summed E-state index contributed by atoms with van der Waals surface area (Å²) < 4.78 is 31.0. The van der Waals surface area contributed by atoms with Crippen molar-refractivity contribution in [1.29, 1.82) is 0 Å². The number of hydrogen-bond donors (Lipinski definition) is 0. The number of nitrogens with zero attached hydrogens (tertiary/aromatic N) is 3. The molecule has 1 aliphatic heterocycles. The Balaban J connectivity index is 1.70. The molecule has 0 unspecified atom stereocenters. The van der Waals surface area contributed by atoms with E-state index >= 15 is 0 Å². The topological polar surface area (TPSA) is 45.7 Å². The molecule has 3 rings (SSSR count). The average molecular weight is 363 g/mol. The van der Waals surface area contributed by atoms with Crippen LogP contribution in [0.2, 0.25) is 0 Å². The van der Waals surface area contributed by atoms with Gasteiger partial charge in [-0.15, -0.1) is 0 Å². The van der Waals surface area contributed by atoms with Crippen molar-refractivity contribution in [2.75, 3.05) is 37.7 Å². The summed E-state index contributed by atoms with van der Waals surface area (Å²) in [5.74, 6) is 0.307. The minimum absolute atomic E-state index is 0.215. The molecular weight excluding hydrogens is 340 g/mol. The monoisotopic (exact) mass is 363 g/mol. The summed E-state index contributed by atoms with van der Waals surface area (Å²) in [5, 5.41) is 0.840. The van der Waals surface area contributed by atoms with Crippen LogP contribution in [0.4, 0.5) is 19.3 Å². The summed E-state index contributed by atoms with van der Waals surface area (Å²) in [5.41, 5.74) is 1.29. The number of carbonyl (C=O) groups is 1. The second-order valence-electron chi connectivity index (χ2n) is 6.83. The third-order valence-corrected chi connectivity index (χ3v) is 4.37. The number of piperazine rings is 1. The smallest absolute Gasteiger partial charge is 0.409 e. The first-order chi connectivity index (χ1) is 12.5. The van der Waals surface area contributed by atoms with Gasteiger partial charge in [0.1, 0.15) is 5.69 Å². The maximum atomic E-state index is 12.9. The molecular formula is C19H23F2N3O2. The first-order valence-corrected chi connectivity index (χ1v) is 8.80. The quantitative estimate of drug-likeness (QED) is 0.821. The van der Waals surface area contributed by atoms with Crippen LogP contribution < -0.4 is 4.90 Å². The lowest BCUT2D eigenvalue weighted by atomic mass is 10.1. The van der Waals surface area contributed by atoms with Gasteiger partial charge < -0.3 is 14.5 Å². The highest BCUT2D eigenvalue weighted by molar-refractivity contribution is 5.92. The highest BCUT2D eigenvalue weighted by Crippen LogP contribution is 2.29. The number of alkyl halides is 2. The van der Waals surface area contributed by atoms with Crippen molar-refractivity contribution in [3.05, 3.63) is 36.0 Å². The van der Waals surface area contributed by atoms with Gasteiger partial charge in [0, 0.05) is 37.3 Å². The molecule has 1 amide bonds. The van der Waals surface area contributed by atoms with Crippen molar-refractivity contribution >= 4 is 22.7 Å². The van der Waals surface area contributed by atoms with Crippen LogP contribution in [0.25, 0.3) is 10.9 Å². The fourth-order valence-electron chi connectivity index (χ4n) is 3.01. The van der Waals surface area contributed by atoms with E-state index in [0.717, 1.165) is 11.1 Å². The SMILES string of the molecule is CC(C)COC(=O)N1CCN(c2cccc3nc(C(F)F)ccc23)CC1. The molecule has 2 aromatic rings. The van der Waals surface area contributed by atoms with Crippen LogP contribution in [0, 0.1) is 5.92 Å². The molecule has 1 aromatic heterocycles. The molecule has 0 N–H and O–H groups in total. The Bertz CT molecular complexity index is 774. The number of fused-ring (bicyclic) bond motifs is 1. The number of ether oxygens (including phenoxy) is 1. The fourth-order valence-corrected chi connectivity index (χ4v) is 3.01. The van der Waals surface area contributed by atoms with Crippen molar-refractivity contribution in [3.63, 3.8) is 0 Å². The van der Waals surface area contributed by atoms with E-state index in [1.807, 2.05) is 26.0 Å². The minimum atomic E-state index is -2.58. The Hall–Kier alpha value is -2.44. The lowest BCUT2D eigenvalue weighted by molar-refractivity contribution is 0.0902. The van der Waals surface area contributed by atoms with Crippen molar-refractivity contribution in [3.8, 4) is 0 Å². The van der Waals surface area contributed by atoms with Crippen LogP contribution in [0.5, 0.6) is 0 Å². The van der Waals surface area contributed by atoms with Gasteiger partial charge in [0.25, 0.3) is 6.43 Å². The maximum Gasteiger partial charge on any atom is 0.409 e. The van der Waals surface area contributed by atoms with E-state index in [4.69, 9.17) is 4.74 Å². The van der Waals surface area contributed by atoms with Crippen molar-refractivity contribution < 1.29 is 18.3 Å². The number of halogens is 2. The first-order valence-electron chi connectivity index (χ1n) is 8.80. The van der Waals surface area contributed by atoms with E-state index in [0.29, 0.717) is 44.2 Å². The number of aromatic nitrogens is 1. The minimum Gasteiger partial charge on any atom is -0.449 e. The molecule has 1 fully saturated rings. The Labute approximate surface area is 151 Å². The average Bonchev–Trinajstić information content (AvgIpc) is 2.65. The number of hydrogen-bond acceptors (Lipinski definition) is 4. The Morgan fingerprint density at radius 2 is 1.88 bits per heavy atom. The zero-order valence-electron chi connectivity index (χ0n) is 15.0. The third-order valence-electron chi connectivity index (χ3n) is 4.37. The molecule has 140 valence electrons. The van der Waals surface area contributed by atoms with E-state index in [9.17, 15) is 13.6 Å². The van der Waals surface area contributed by atoms with Gasteiger partial charge in [0.05, 0.1) is 12.1 Å². The number of amides is 1. The molecule has 1 saturated heterocycles. The Morgan fingerprint density at radius 1 is 1.15 bits per heavy atom. The largest absolute Gasteiger partial charge is 0.449 e. The van der Waals surface area contributed by atoms with Crippen LogP contribution in [0.15, 0.2) is 30.3 Å². The maximum absolute atomic E-state index is 12.9. The van der Waals surface area contributed by atoms with Crippen molar-refractivity contribution in [1.82, 2.24) is 9.88 Å². The van der Waals surface area contributed by atoms with E-state index in [2.05, 4.69) is 9.88 Å². The predicted molar refractivity (Wildman–Crippen MR) is 96.7 cm³/mol. The van der Waals surface area contributed by atoms with Gasteiger partial charge in [-0.25, -0.2) is 18.6 Å². The molecule has 5 nitrogen and oxygen atoms in total.